The molecule has 4 nitrogen and oxygen atoms in total. The average Bonchev–Trinajstić information content (AvgIpc) is 2.29. The van der Waals surface area contributed by atoms with Crippen LogP contribution in [-0.2, 0) is 0 Å². The Morgan fingerprint density at radius 2 is 2.18 bits per heavy atom. The minimum atomic E-state index is -1.01. The van der Waals surface area contributed by atoms with E-state index in [0.717, 1.165) is 12.1 Å². The summed E-state index contributed by atoms with van der Waals surface area (Å²) >= 11 is 0. The number of hydrogen-bond donors (Lipinski definition) is 2. The second-order valence-corrected chi connectivity index (χ2v) is 3.92. The minimum Gasteiger partial charge on any atom is -0.465 e. The average molecular weight is 234 g/mol. The van der Waals surface area contributed by atoms with Gasteiger partial charge in [-0.3, -0.25) is 0 Å². The van der Waals surface area contributed by atoms with E-state index >= 15 is 0 Å². The molecule has 4 heteroatoms. The highest BCUT2D eigenvalue weighted by molar-refractivity contribution is 5.65. The summed E-state index contributed by atoms with van der Waals surface area (Å²) in [5, 5.41) is 11.4. The zero-order valence-electron chi connectivity index (χ0n) is 9.97. The summed E-state index contributed by atoms with van der Waals surface area (Å²) in [6, 6.07) is 9.33. The molecule has 0 aliphatic carbocycles. The molecule has 1 amide bonds. The molecule has 2 N–H and O–H groups in total. The topological polar surface area (TPSA) is 52.6 Å². The molecule has 0 saturated heterocycles. The van der Waals surface area contributed by atoms with Crippen molar-refractivity contribution < 1.29 is 9.90 Å². The lowest BCUT2D eigenvalue weighted by atomic mass is 10.1. The van der Waals surface area contributed by atoms with Gasteiger partial charge in [-0.05, 0) is 12.6 Å². The summed E-state index contributed by atoms with van der Waals surface area (Å²) in [7, 11) is 1.93. The predicted molar refractivity (Wildman–Crippen MR) is 68.0 cm³/mol. The molecule has 1 unspecified atom stereocenters. The zero-order chi connectivity index (χ0) is 12.7. The molecule has 0 aliphatic rings. The third-order valence-electron chi connectivity index (χ3n) is 2.43. The number of nitrogens with one attached hydrogen (secondary N) is 1. The van der Waals surface area contributed by atoms with Crippen molar-refractivity contribution in [2.75, 3.05) is 20.1 Å². The molecule has 0 aromatic heterocycles. The van der Waals surface area contributed by atoms with Gasteiger partial charge >= 0.3 is 6.09 Å². The van der Waals surface area contributed by atoms with Crippen molar-refractivity contribution in [3.05, 3.63) is 48.6 Å². The Kier molecular flexibility index (Phi) is 5.23. The van der Waals surface area contributed by atoms with Crippen molar-refractivity contribution >= 4 is 6.09 Å². The first-order valence-corrected chi connectivity index (χ1v) is 5.47. The van der Waals surface area contributed by atoms with Gasteiger partial charge in [-0.25, -0.2) is 4.79 Å². The van der Waals surface area contributed by atoms with Crippen LogP contribution >= 0.6 is 0 Å². The van der Waals surface area contributed by atoms with Crippen molar-refractivity contribution in [2.24, 2.45) is 0 Å². The number of amides is 1. The van der Waals surface area contributed by atoms with E-state index in [9.17, 15) is 4.79 Å². The number of carboxylic acid groups (broad SMARTS) is 1. The molecule has 0 saturated carbocycles. The normalized spacial score (nSPS) is 12.1. The largest absolute Gasteiger partial charge is 0.465 e. The van der Waals surface area contributed by atoms with Gasteiger partial charge in [0, 0.05) is 13.1 Å². The maximum Gasteiger partial charge on any atom is 0.405 e. The molecule has 1 atom stereocenters. The summed E-state index contributed by atoms with van der Waals surface area (Å²) < 4.78 is 0. The summed E-state index contributed by atoms with van der Waals surface area (Å²) in [6.07, 6.45) is 0.786. The Morgan fingerprint density at radius 1 is 1.53 bits per heavy atom. The second-order valence-electron chi connectivity index (χ2n) is 3.92. The zero-order valence-corrected chi connectivity index (χ0v) is 9.97. The molecule has 0 radical (unpaired) electrons. The Hall–Kier alpha value is -1.81. The van der Waals surface area contributed by atoms with E-state index in [1.165, 1.54) is 0 Å². The van der Waals surface area contributed by atoms with E-state index in [1.807, 2.05) is 42.3 Å². The van der Waals surface area contributed by atoms with Crippen LogP contribution < -0.4 is 5.32 Å². The van der Waals surface area contributed by atoms with Gasteiger partial charge in [0.15, 0.2) is 0 Å². The van der Waals surface area contributed by atoms with Crippen LogP contribution in [0.4, 0.5) is 4.79 Å². The fraction of sp³-hybridized carbons (Fsp3) is 0.308. The van der Waals surface area contributed by atoms with Crippen LogP contribution in [0.3, 0.4) is 0 Å². The van der Waals surface area contributed by atoms with Crippen molar-refractivity contribution in [1.29, 1.82) is 0 Å². The Labute approximate surface area is 102 Å². The van der Waals surface area contributed by atoms with Gasteiger partial charge in [0.25, 0.3) is 0 Å². The van der Waals surface area contributed by atoms with Crippen LogP contribution in [0.15, 0.2) is 43.0 Å². The van der Waals surface area contributed by atoms with Crippen molar-refractivity contribution in [3.63, 3.8) is 0 Å². The van der Waals surface area contributed by atoms with Crippen LogP contribution in [0.1, 0.15) is 11.6 Å². The van der Waals surface area contributed by atoms with Gasteiger partial charge in [0.05, 0.1) is 6.04 Å². The maximum atomic E-state index is 10.8. The number of carbonyl (C=O) groups is 1. The summed E-state index contributed by atoms with van der Waals surface area (Å²) in [6.45, 7) is 5.00. The molecule has 92 valence electrons. The highest BCUT2D eigenvalue weighted by Gasteiger charge is 2.15. The van der Waals surface area contributed by atoms with Gasteiger partial charge in [-0.1, -0.05) is 36.4 Å². The number of likely N-dealkylation sites (N-methyl/N-ethyl adjacent to an activating group) is 1. The fourth-order valence-corrected chi connectivity index (χ4v) is 1.68. The van der Waals surface area contributed by atoms with Gasteiger partial charge in [-0.2, -0.15) is 0 Å². The van der Waals surface area contributed by atoms with E-state index < -0.39 is 6.09 Å². The number of nitrogens with zero attached hydrogens (tertiary/aromatic N) is 1. The van der Waals surface area contributed by atoms with Gasteiger partial charge in [0.2, 0.25) is 0 Å². The summed E-state index contributed by atoms with van der Waals surface area (Å²) in [4.78, 5) is 12.8. The van der Waals surface area contributed by atoms with Crippen molar-refractivity contribution in [2.45, 2.75) is 6.04 Å². The van der Waals surface area contributed by atoms with E-state index in [-0.39, 0.29) is 6.04 Å². The Morgan fingerprint density at radius 3 is 2.71 bits per heavy atom. The first-order valence-electron chi connectivity index (χ1n) is 5.47. The lowest BCUT2D eigenvalue weighted by Crippen LogP contribution is -2.35. The number of rotatable bonds is 6. The van der Waals surface area contributed by atoms with Gasteiger partial charge in [-0.15, -0.1) is 6.58 Å². The highest BCUT2D eigenvalue weighted by Crippen LogP contribution is 2.13. The standard InChI is InChI=1S/C13H18N2O2/c1-3-9-15(2)10-12(14-13(16)17)11-7-5-4-6-8-11/h3-8,12,14H,1,9-10H2,2H3,(H,16,17). The van der Waals surface area contributed by atoms with E-state index in [4.69, 9.17) is 5.11 Å². The highest BCUT2D eigenvalue weighted by atomic mass is 16.4. The lowest BCUT2D eigenvalue weighted by molar-refractivity contribution is 0.185. The minimum absolute atomic E-state index is 0.223. The first-order chi connectivity index (χ1) is 8.13. The monoisotopic (exact) mass is 234 g/mol. The number of benzene rings is 1. The van der Waals surface area contributed by atoms with Crippen molar-refractivity contribution in [1.82, 2.24) is 10.2 Å². The molecule has 0 fully saturated rings. The Balaban J connectivity index is 2.73. The van der Waals surface area contributed by atoms with Crippen LogP contribution in [0.5, 0.6) is 0 Å². The molecular formula is C13H18N2O2. The van der Waals surface area contributed by atoms with E-state index in [1.54, 1.807) is 6.08 Å². The van der Waals surface area contributed by atoms with Crippen LogP contribution in [0, 0.1) is 0 Å². The van der Waals surface area contributed by atoms with Crippen LogP contribution in [0.25, 0.3) is 0 Å². The fourth-order valence-electron chi connectivity index (χ4n) is 1.68. The SMILES string of the molecule is C=CCN(C)CC(NC(=O)O)c1ccccc1. The third-order valence-corrected chi connectivity index (χ3v) is 2.43. The Bertz CT molecular complexity index is 365. The smallest absolute Gasteiger partial charge is 0.405 e. The van der Waals surface area contributed by atoms with E-state index in [2.05, 4.69) is 11.9 Å². The second kappa shape index (κ2) is 6.70. The molecule has 17 heavy (non-hydrogen) atoms. The molecule has 0 aliphatic heterocycles. The molecule has 1 aromatic rings. The first kappa shape index (κ1) is 13.3. The van der Waals surface area contributed by atoms with Crippen LogP contribution in [0.2, 0.25) is 0 Å². The third kappa shape index (κ3) is 4.70. The summed E-state index contributed by atoms with van der Waals surface area (Å²) in [5.41, 5.74) is 0.964. The maximum absolute atomic E-state index is 10.8. The lowest BCUT2D eigenvalue weighted by Gasteiger charge is -2.23. The number of hydrogen-bond acceptors (Lipinski definition) is 2. The summed E-state index contributed by atoms with van der Waals surface area (Å²) in [5.74, 6) is 0. The van der Waals surface area contributed by atoms with E-state index in [0.29, 0.717) is 6.54 Å². The van der Waals surface area contributed by atoms with Crippen LogP contribution in [-0.4, -0.2) is 36.2 Å². The quantitative estimate of drug-likeness (QED) is 0.741. The van der Waals surface area contributed by atoms with Gasteiger partial charge in [0.1, 0.15) is 0 Å². The van der Waals surface area contributed by atoms with Gasteiger partial charge < -0.3 is 15.3 Å². The molecule has 1 aromatic carbocycles. The molecule has 0 heterocycles. The molecule has 0 spiro atoms. The molecule has 0 bridgehead atoms. The predicted octanol–water partition coefficient (Wildman–Crippen LogP) is 2.11. The molecular weight excluding hydrogens is 216 g/mol. The molecule has 1 rings (SSSR count). The van der Waals surface area contributed by atoms with Crippen molar-refractivity contribution in [3.8, 4) is 0 Å².